The van der Waals surface area contributed by atoms with Gasteiger partial charge in [0.25, 0.3) is 5.91 Å². The molecule has 33 heavy (non-hydrogen) atoms. The van der Waals surface area contributed by atoms with Crippen LogP contribution in [0.25, 0.3) is 0 Å². The van der Waals surface area contributed by atoms with Crippen molar-refractivity contribution in [3.63, 3.8) is 0 Å². The van der Waals surface area contributed by atoms with Crippen LogP contribution in [0.1, 0.15) is 31.8 Å². The standard InChI is InChI=1S/C25H21N3O5/c29-22-14-26-25(32)28(22)15-17-6-12-20(13-7-17)24(31)33-16-18-8-10-19(11-9-18)23(30)27-21-4-2-1-3-5-21/h1-13H,14-16H2,(H,26,32)(H,27,30). The molecule has 0 spiro atoms. The normalized spacial score (nSPS) is 12.9. The Morgan fingerprint density at radius 3 is 2.12 bits per heavy atom. The van der Waals surface area contributed by atoms with Gasteiger partial charge in [-0.2, -0.15) is 0 Å². The van der Waals surface area contributed by atoms with Gasteiger partial charge in [0.1, 0.15) is 6.61 Å². The summed E-state index contributed by atoms with van der Waals surface area (Å²) in [6, 6.07) is 22.1. The number of anilines is 1. The molecule has 4 amide bonds. The van der Waals surface area contributed by atoms with E-state index in [0.29, 0.717) is 16.8 Å². The minimum Gasteiger partial charge on any atom is -0.457 e. The van der Waals surface area contributed by atoms with Crippen LogP contribution in [-0.4, -0.2) is 35.3 Å². The molecule has 1 saturated heterocycles. The number of carbonyl (C=O) groups excluding carboxylic acids is 4. The predicted octanol–water partition coefficient (Wildman–Crippen LogP) is 3.35. The molecule has 1 fully saturated rings. The lowest BCUT2D eigenvalue weighted by molar-refractivity contribution is -0.125. The first-order chi connectivity index (χ1) is 16.0. The molecular weight excluding hydrogens is 422 g/mol. The van der Waals surface area contributed by atoms with Crippen LogP contribution in [-0.2, 0) is 22.7 Å². The van der Waals surface area contributed by atoms with Gasteiger partial charge in [0, 0.05) is 11.3 Å². The first kappa shape index (κ1) is 21.8. The number of urea groups is 1. The summed E-state index contributed by atoms with van der Waals surface area (Å²) in [5, 5.41) is 5.28. The van der Waals surface area contributed by atoms with E-state index in [2.05, 4.69) is 10.6 Å². The van der Waals surface area contributed by atoms with Crippen molar-refractivity contribution in [2.24, 2.45) is 0 Å². The molecule has 0 unspecified atom stereocenters. The third-order valence-electron chi connectivity index (χ3n) is 5.09. The minimum atomic E-state index is -0.498. The van der Waals surface area contributed by atoms with E-state index in [0.717, 1.165) is 16.0 Å². The average Bonchev–Trinajstić information content (AvgIpc) is 3.16. The fraction of sp³-hybridized carbons (Fsp3) is 0.120. The van der Waals surface area contributed by atoms with E-state index in [9.17, 15) is 19.2 Å². The van der Waals surface area contributed by atoms with Gasteiger partial charge in [-0.05, 0) is 47.5 Å². The highest BCUT2D eigenvalue weighted by atomic mass is 16.5. The Morgan fingerprint density at radius 2 is 1.48 bits per heavy atom. The highest BCUT2D eigenvalue weighted by molar-refractivity contribution is 6.04. The lowest BCUT2D eigenvalue weighted by Gasteiger charge is -2.12. The molecule has 8 nitrogen and oxygen atoms in total. The monoisotopic (exact) mass is 443 g/mol. The Labute approximate surface area is 190 Å². The van der Waals surface area contributed by atoms with E-state index >= 15 is 0 Å². The first-order valence-electron chi connectivity index (χ1n) is 10.3. The number of hydrogen-bond acceptors (Lipinski definition) is 5. The van der Waals surface area contributed by atoms with Crippen LogP contribution in [0.2, 0.25) is 0 Å². The number of benzene rings is 3. The number of imide groups is 1. The molecule has 0 saturated carbocycles. The third kappa shape index (κ3) is 5.43. The fourth-order valence-electron chi connectivity index (χ4n) is 3.25. The van der Waals surface area contributed by atoms with E-state index in [1.54, 1.807) is 60.7 Å². The molecule has 3 aromatic rings. The van der Waals surface area contributed by atoms with Crippen LogP contribution < -0.4 is 10.6 Å². The van der Waals surface area contributed by atoms with E-state index in [-0.39, 0.29) is 31.5 Å². The van der Waals surface area contributed by atoms with Crippen molar-refractivity contribution in [1.29, 1.82) is 0 Å². The molecular formula is C25H21N3O5. The maximum Gasteiger partial charge on any atom is 0.338 e. The van der Waals surface area contributed by atoms with Gasteiger partial charge in [0.05, 0.1) is 18.7 Å². The maximum atomic E-state index is 12.3. The SMILES string of the molecule is O=C(Nc1ccccc1)c1ccc(COC(=O)c2ccc(CN3C(=O)CNC3=O)cc2)cc1. The zero-order chi connectivity index (χ0) is 23.2. The molecule has 1 heterocycles. The number of ether oxygens (including phenoxy) is 1. The zero-order valence-electron chi connectivity index (χ0n) is 17.6. The number of amides is 4. The number of esters is 1. The first-order valence-corrected chi connectivity index (χ1v) is 10.3. The van der Waals surface area contributed by atoms with E-state index in [4.69, 9.17) is 4.74 Å². The Kier molecular flexibility index (Phi) is 6.45. The van der Waals surface area contributed by atoms with Crippen LogP contribution in [0.4, 0.5) is 10.5 Å². The molecule has 0 radical (unpaired) electrons. The number of hydrogen-bond donors (Lipinski definition) is 2. The van der Waals surface area contributed by atoms with Crippen molar-refractivity contribution in [3.8, 4) is 0 Å². The van der Waals surface area contributed by atoms with Gasteiger partial charge in [-0.25, -0.2) is 9.59 Å². The second-order valence-corrected chi connectivity index (χ2v) is 7.43. The highest BCUT2D eigenvalue weighted by Gasteiger charge is 2.28. The molecule has 0 aromatic heterocycles. The Hall–Kier alpha value is -4.46. The molecule has 4 rings (SSSR count). The summed E-state index contributed by atoms with van der Waals surface area (Å²) < 4.78 is 5.35. The third-order valence-corrected chi connectivity index (χ3v) is 5.09. The smallest absolute Gasteiger partial charge is 0.338 e. The van der Waals surface area contributed by atoms with E-state index in [1.165, 1.54) is 0 Å². The van der Waals surface area contributed by atoms with E-state index < -0.39 is 12.0 Å². The molecule has 1 aliphatic rings. The van der Waals surface area contributed by atoms with Crippen LogP contribution in [0, 0.1) is 0 Å². The molecule has 3 aromatic carbocycles. The van der Waals surface area contributed by atoms with Gasteiger partial charge in [0.2, 0.25) is 5.91 Å². The van der Waals surface area contributed by atoms with Gasteiger partial charge < -0.3 is 15.4 Å². The van der Waals surface area contributed by atoms with Crippen molar-refractivity contribution in [1.82, 2.24) is 10.2 Å². The number of nitrogens with zero attached hydrogens (tertiary/aromatic N) is 1. The molecule has 166 valence electrons. The van der Waals surface area contributed by atoms with Gasteiger partial charge in [-0.3, -0.25) is 14.5 Å². The van der Waals surface area contributed by atoms with Crippen LogP contribution in [0.15, 0.2) is 78.9 Å². The molecule has 0 aliphatic carbocycles. The summed E-state index contributed by atoms with van der Waals surface area (Å²) in [5.41, 5.74) is 3.03. The number of nitrogens with one attached hydrogen (secondary N) is 2. The van der Waals surface area contributed by atoms with Crippen LogP contribution >= 0.6 is 0 Å². The molecule has 2 N–H and O–H groups in total. The van der Waals surface area contributed by atoms with Crippen molar-refractivity contribution in [3.05, 3.63) is 101 Å². The lowest BCUT2D eigenvalue weighted by Crippen LogP contribution is -2.30. The number of carbonyl (C=O) groups is 4. The second-order valence-electron chi connectivity index (χ2n) is 7.43. The topological polar surface area (TPSA) is 105 Å². The summed E-state index contributed by atoms with van der Waals surface area (Å²) in [6.07, 6.45) is 0. The molecule has 1 aliphatic heterocycles. The maximum absolute atomic E-state index is 12.3. The van der Waals surface area contributed by atoms with Crippen LogP contribution in [0.5, 0.6) is 0 Å². The van der Waals surface area contributed by atoms with E-state index in [1.807, 2.05) is 18.2 Å². The summed E-state index contributed by atoms with van der Waals surface area (Å²) in [5.74, 6) is -1.01. The second kappa shape index (κ2) is 9.78. The largest absolute Gasteiger partial charge is 0.457 e. The molecule has 8 heteroatoms. The number of rotatable bonds is 7. The van der Waals surface area contributed by atoms with Gasteiger partial charge >= 0.3 is 12.0 Å². The van der Waals surface area contributed by atoms with Crippen molar-refractivity contribution in [2.75, 3.05) is 11.9 Å². The Morgan fingerprint density at radius 1 is 0.848 bits per heavy atom. The van der Waals surface area contributed by atoms with Gasteiger partial charge in [0.15, 0.2) is 0 Å². The van der Waals surface area contributed by atoms with Crippen molar-refractivity contribution >= 4 is 29.5 Å². The fourth-order valence-corrected chi connectivity index (χ4v) is 3.25. The predicted molar refractivity (Wildman–Crippen MR) is 120 cm³/mol. The van der Waals surface area contributed by atoms with Crippen LogP contribution in [0.3, 0.4) is 0 Å². The Bertz CT molecular complexity index is 1160. The summed E-state index contributed by atoms with van der Waals surface area (Å²) in [6.45, 7) is 0.204. The minimum absolute atomic E-state index is 0.00191. The highest BCUT2D eigenvalue weighted by Crippen LogP contribution is 2.14. The lowest BCUT2D eigenvalue weighted by atomic mass is 10.1. The van der Waals surface area contributed by atoms with Gasteiger partial charge in [-0.1, -0.05) is 42.5 Å². The average molecular weight is 443 g/mol. The van der Waals surface area contributed by atoms with Crippen molar-refractivity contribution in [2.45, 2.75) is 13.2 Å². The Balaban J connectivity index is 1.29. The zero-order valence-corrected chi connectivity index (χ0v) is 17.6. The summed E-state index contributed by atoms with van der Waals surface area (Å²) in [7, 11) is 0. The molecule has 0 bridgehead atoms. The molecule has 0 atom stereocenters. The summed E-state index contributed by atoms with van der Waals surface area (Å²) >= 11 is 0. The quantitative estimate of drug-likeness (QED) is 0.430. The summed E-state index contributed by atoms with van der Waals surface area (Å²) in [4.78, 5) is 49.1. The number of para-hydroxylation sites is 1. The van der Waals surface area contributed by atoms with Gasteiger partial charge in [-0.15, -0.1) is 0 Å². The van der Waals surface area contributed by atoms with Crippen molar-refractivity contribution < 1.29 is 23.9 Å².